The number of piperidine rings is 1. The molecule has 0 bridgehead atoms. The van der Waals surface area contributed by atoms with E-state index in [2.05, 4.69) is 54.2 Å². The highest BCUT2D eigenvalue weighted by molar-refractivity contribution is 5.97. The van der Waals surface area contributed by atoms with E-state index in [0.717, 1.165) is 69.7 Å². The summed E-state index contributed by atoms with van der Waals surface area (Å²) in [7, 11) is 0. The van der Waals surface area contributed by atoms with Gasteiger partial charge in [0.05, 0.1) is 5.69 Å². The van der Waals surface area contributed by atoms with Gasteiger partial charge in [0.1, 0.15) is 5.69 Å². The fraction of sp³-hybridized carbons (Fsp3) is 0.543. The number of carbonyl (C=O) groups is 1. The van der Waals surface area contributed by atoms with Gasteiger partial charge in [-0.2, -0.15) is 0 Å². The van der Waals surface area contributed by atoms with Crippen molar-refractivity contribution in [3.05, 3.63) is 54.4 Å². The zero-order valence-corrected chi connectivity index (χ0v) is 26.6. The fourth-order valence-electron chi connectivity index (χ4n) is 7.98. The number of pyridine rings is 1. The van der Waals surface area contributed by atoms with Crippen LogP contribution in [0, 0.1) is 0 Å². The molecule has 11 nitrogen and oxygen atoms in total. The Labute approximate surface area is 271 Å². The summed E-state index contributed by atoms with van der Waals surface area (Å²) in [5.41, 5.74) is 9.29. The smallest absolute Gasteiger partial charge is 0.271 e. The molecule has 0 atom stereocenters. The van der Waals surface area contributed by atoms with E-state index in [9.17, 15) is 4.79 Å². The monoisotopic (exact) mass is 623 g/mol. The first-order chi connectivity index (χ1) is 22.6. The van der Waals surface area contributed by atoms with E-state index in [4.69, 9.17) is 20.4 Å². The first-order valence-corrected chi connectivity index (χ1v) is 17.2. The van der Waals surface area contributed by atoms with Crippen LogP contribution < -0.4 is 20.9 Å². The van der Waals surface area contributed by atoms with Gasteiger partial charge in [0, 0.05) is 94.2 Å². The molecule has 2 aromatic heterocycles. The zero-order chi connectivity index (χ0) is 31.1. The van der Waals surface area contributed by atoms with Gasteiger partial charge in [-0.3, -0.25) is 19.6 Å². The number of nitrogens with one attached hydrogen (secondary N) is 1. The average Bonchev–Trinajstić information content (AvgIpc) is 3.95. The number of aromatic nitrogens is 3. The number of primary amides is 1. The minimum atomic E-state index is -0.628. The zero-order valence-electron chi connectivity index (χ0n) is 26.6. The van der Waals surface area contributed by atoms with Crippen molar-refractivity contribution in [3.8, 4) is 11.4 Å². The Kier molecular flexibility index (Phi) is 7.99. The first kappa shape index (κ1) is 29.6. The first-order valence-electron chi connectivity index (χ1n) is 17.2. The summed E-state index contributed by atoms with van der Waals surface area (Å²) in [6.07, 6.45) is 9.90. The average molecular weight is 624 g/mol. The van der Waals surface area contributed by atoms with E-state index < -0.39 is 5.91 Å². The molecule has 6 heterocycles. The van der Waals surface area contributed by atoms with Crippen LogP contribution in [0.1, 0.15) is 55.4 Å². The van der Waals surface area contributed by atoms with Crippen molar-refractivity contribution < 1.29 is 9.53 Å². The third kappa shape index (κ3) is 5.80. The van der Waals surface area contributed by atoms with E-state index in [1.165, 1.54) is 57.5 Å². The molecule has 1 aromatic carbocycles. The van der Waals surface area contributed by atoms with Gasteiger partial charge in [0.15, 0.2) is 17.3 Å². The number of anilines is 4. The summed E-state index contributed by atoms with van der Waals surface area (Å²) in [5, 5.41) is 3.39. The van der Waals surface area contributed by atoms with Gasteiger partial charge in [-0.25, -0.2) is 9.97 Å². The molecule has 5 aliphatic rings. The number of nitrogens with two attached hydrogens (primary N) is 1. The summed E-state index contributed by atoms with van der Waals surface area (Å²) in [4.78, 5) is 37.4. The Hall–Kier alpha value is -3.80. The highest BCUT2D eigenvalue weighted by atomic mass is 16.5. The molecule has 0 radical (unpaired) electrons. The van der Waals surface area contributed by atoms with Crippen LogP contribution in [0.5, 0.6) is 0 Å². The maximum Gasteiger partial charge on any atom is 0.271 e. The van der Waals surface area contributed by atoms with Crippen molar-refractivity contribution in [2.24, 2.45) is 5.73 Å². The number of benzene rings is 1. The molecule has 1 spiro atoms. The maximum absolute atomic E-state index is 12.7. The van der Waals surface area contributed by atoms with Crippen molar-refractivity contribution in [1.29, 1.82) is 0 Å². The molecule has 3 N–H and O–H groups in total. The predicted octanol–water partition coefficient (Wildman–Crippen LogP) is 3.89. The molecule has 1 amide bonds. The molecule has 242 valence electrons. The van der Waals surface area contributed by atoms with Crippen LogP contribution in [-0.4, -0.2) is 107 Å². The molecule has 1 aliphatic carbocycles. The number of hydrogen-bond acceptors (Lipinski definition) is 10. The third-order valence-electron chi connectivity index (χ3n) is 11.0. The number of nitrogens with zero attached hydrogens (tertiary/aromatic N) is 7. The van der Waals surface area contributed by atoms with Crippen LogP contribution in [0.25, 0.3) is 11.4 Å². The summed E-state index contributed by atoms with van der Waals surface area (Å²) in [6, 6.07) is 15.7. The van der Waals surface area contributed by atoms with E-state index in [1.807, 2.05) is 18.2 Å². The van der Waals surface area contributed by atoms with Crippen molar-refractivity contribution in [1.82, 2.24) is 24.8 Å². The summed E-state index contributed by atoms with van der Waals surface area (Å²) in [5.74, 6) is 0.469. The predicted molar refractivity (Wildman–Crippen MR) is 180 cm³/mol. The topological polar surface area (TPSA) is 116 Å². The van der Waals surface area contributed by atoms with Crippen molar-refractivity contribution in [3.63, 3.8) is 0 Å². The Morgan fingerprint density at radius 1 is 0.826 bits per heavy atom. The van der Waals surface area contributed by atoms with Gasteiger partial charge in [0.2, 0.25) is 0 Å². The quantitative estimate of drug-likeness (QED) is 0.383. The summed E-state index contributed by atoms with van der Waals surface area (Å²) >= 11 is 0. The third-order valence-corrected chi connectivity index (χ3v) is 11.0. The van der Waals surface area contributed by atoms with Gasteiger partial charge < -0.3 is 25.6 Å². The van der Waals surface area contributed by atoms with Crippen molar-refractivity contribution in [2.75, 3.05) is 74.1 Å². The summed E-state index contributed by atoms with van der Waals surface area (Å²) < 4.78 is 5.70. The molecule has 46 heavy (non-hydrogen) atoms. The van der Waals surface area contributed by atoms with Crippen LogP contribution in [-0.2, 0) is 4.74 Å². The van der Waals surface area contributed by atoms with E-state index in [1.54, 1.807) is 6.20 Å². The lowest BCUT2D eigenvalue weighted by molar-refractivity contribution is 0.0285. The Bertz CT molecular complexity index is 1530. The second-order valence-electron chi connectivity index (χ2n) is 13.6. The maximum atomic E-state index is 12.7. The minimum Gasteiger partial charge on any atom is -0.381 e. The van der Waals surface area contributed by atoms with Crippen LogP contribution in [0.15, 0.2) is 48.7 Å². The van der Waals surface area contributed by atoms with Gasteiger partial charge in [-0.15, -0.1) is 0 Å². The van der Waals surface area contributed by atoms with Crippen LogP contribution in [0.3, 0.4) is 0 Å². The standard InChI is InChI=1S/C35H45N9O2/c36-32(45)31-33(40-34(30(39-31)29-3-1-2-15-37-29)44-18-12-35(44)13-23-46-24-14-35)38-25-4-6-26(7-5-25)41-16-10-28(11-17-41)43-21-19-42(20-22-43)27-8-9-27/h1-7,15,27-28H,8-14,16-24H2,(H2,36,45)(H,38,40). The minimum absolute atomic E-state index is 0.0119. The summed E-state index contributed by atoms with van der Waals surface area (Å²) in [6.45, 7) is 9.38. The van der Waals surface area contributed by atoms with Crippen molar-refractivity contribution >= 4 is 28.9 Å². The normalized spacial score (nSPS) is 22.5. The van der Waals surface area contributed by atoms with E-state index in [0.29, 0.717) is 23.2 Å². The number of piperazine rings is 1. The number of rotatable bonds is 8. The number of amides is 1. The molecule has 11 heteroatoms. The fourth-order valence-corrected chi connectivity index (χ4v) is 7.98. The largest absolute Gasteiger partial charge is 0.381 e. The molecule has 4 saturated heterocycles. The molecule has 5 fully saturated rings. The van der Waals surface area contributed by atoms with Gasteiger partial charge >= 0.3 is 0 Å². The van der Waals surface area contributed by atoms with Gasteiger partial charge in [-0.05, 0) is 81.3 Å². The lowest BCUT2D eigenvalue weighted by Gasteiger charge is -2.55. The molecule has 1 saturated carbocycles. The lowest BCUT2D eigenvalue weighted by Crippen LogP contribution is -2.63. The highest BCUT2D eigenvalue weighted by Crippen LogP contribution is 2.45. The number of ether oxygens (including phenoxy) is 1. The van der Waals surface area contributed by atoms with E-state index in [-0.39, 0.29) is 11.2 Å². The van der Waals surface area contributed by atoms with Gasteiger partial charge in [-0.1, -0.05) is 6.07 Å². The second-order valence-corrected chi connectivity index (χ2v) is 13.6. The number of carbonyl (C=O) groups excluding carboxylic acids is 1. The molecule has 0 unspecified atom stereocenters. The van der Waals surface area contributed by atoms with Crippen LogP contribution in [0.2, 0.25) is 0 Å². The Balaban J connectivity index is 0.988. The van der Waals surface area contributed by atoms with Crippen LogP contribution in [0.4, 0.5) is 23.0 Å². The molecule has 3 aromatic rings. The molecule has 8 rings (SSSR count). The van der Waals surface area contributed by atoms with Crippen molar-refractivity contribution in [2.45, 2.75) is 62.6 Å². The lowest BCUT2D eigenvalue weighted by atomic mass is 9.78. The van der Waals surface area contributed by atoms with E-state index >= 15 is 0 Å². The Morgan fingerprint density at radius 2 is 1.52 bits per heavy atom. The van der Waals surface area contributed by atoms with Crippen LogP contribution >= 0.6 is 0 Å². The number of hydrogen-bond donors (Lipinski definition) is 2. The second kappa shape index (κ2) is 12.4. The SMILES string of the molecule is NC(=O)c1nc(-c2ccccn2)c(N2CCC23CCOCC3)nc1Nc1ccc(N2CCC(N3CCN(C4CC4)CC3)CC2)cc1. The Morgan fingerprint density at radius 3 is 2.11 bits per heavy atom. The highest BCUT2D eigenvalue weighted by Gasteiger charge is 2.47. The van der Waals surface area contributed by atoms with Gasteiger partial charge in [0.25, 0.3) is 5.91 Å². The molecular weight excluding hydrogens is 578 g/mol. The molecular formula is C35H45N9O2. The molecule has 4 aliphatic heterocycles.